The van der Waals surface area contributed by atoms with Crippen molar-refractivity contribution >= 4 is 24.0 Å². The van der Waals surface area contributed by atoms with Crippen molar-refractivity contribution in [1.82, 2.24) is 0 Å². The van der Waals surface area contributed by atoms with Crippen LogP contribution in [0.3, 0.4) is 0 Å². The molecule has 0 aromatic heterocycles. The topological polar surface area (TPSA) is 12.0 Å². The Hall–Kier alpha value is -1.41. The summed E-state index contributed by atoms with van der Waals surface area (Å²) < 4.78 is 0. The maximum atomic E-state index is 4.40. The van der Waals surface area contributed by atoms with Crippen LogP contribution in [0, 0.1) is 6.92 Å². The minimum atomic E-state index is 0.959. The van der Waals surface area contributed by atoms with Gasteiger partial charge in [0.25, 0.3) is 0 Å². The molecule has 0 aliphatic rings. The summed E-state index contributed by atoms with van der Waals surface area (Å²) in [5.74, 6) is 0. The number of benzene rings is 2. The van der Waals surface area contributed by atoms with Crippen LogP contribution in [0.5, 0.6) is 0 Å². The molecule has 2 aromatic carbocycles. The lowest BCUT2D eigenvalue weighted by molar-refractivity contribution is 1.38. The van der Waals surface area contributed by atoms with E-state index in [1.54, 1.807) is 0 Å². The summed E-state index contributed by atoms with van der Waals surface area (Å²) in [5, 5.41) is 3.36. The Kier molecular flexibility index (Phi) is 2.97. The quantitative estimate of drug-likeness (QED) is 0.721. The Labute approximate surface area is 95.6 Å². The van der Waals surface area contributed by atoms with Gasteiger partial charge in [0.1, 0.15) is 0 Å². The average molecular weight is 215 g/mol. The second kappa shape index (κ2) is 4.41. The molecule has 0 aliphatic heterocycles. The van der Waals surface area contributed by atoms with Gasteiger partial charge in [-0.2, -0.15) is 0 Å². The molecule has 0 saturated heterocycles. The molecule has 1 N–H and O–H groups in total. The largest absolute Gasteiger partial charge is 0.354 e. The summed E-state index contributed by atoms with van der Waals surface area (Å²) in [7, 11) is 0. The Balaban J connectivity index is 2.30. The number of nitrogens with one attached hydrogen (secondary N) is 1. The Morgan fingerprint density at radius 1 is 0.867 bits per heavy atom. The van der Waals surface area contributed by atoms with Crippen LogP contribution in [0.15, 0.2) is 53.4 Å². The van der Waals surface area contributed by atoms with E-state index in [1.165, 1.54) is 5.56 Å². The molecular weight excluding hydrogens is 202 g/mol. The van der Waals surface area contributed by atoms with Gasteiger partial charge in [0.05, 0.1) is 5.69 Å². The maximum absolute atomic E-state index is 4.40. The fourth-order valence-corrected chi connectivity index (χ4v) is 1.65. The van der Waals surface area contributed by atoms with E-state index in [9.17, 15) is 0 Å². The minimum Gasteiger partial charge on any atom is -0.354 e. The van der Waals surface area contributed by atoms with Crippen LogP contribution in [0.1, 0.15) is 5.56 Å². The lowest BCUT2D eigenvalue weighted by Gasteiger charge is -2.10. The Morgan fingerprint density at radius 2 is 1.47 bits per heavy atom. The third-order valence-electron chi connectivity index (χ3n) is 2.32. The minimum absolute atomic E-state index is 0.959. The second-order valence-corrected chi connectivity index (χ2v) is 3.94. The van der Waals surface area contributed by atoms with Crippen molar-refractivity contribution in [3.8, 4) is 0 Å². The number of anilines is 2. The lowest BCUT2D eigenvalue weighted by Crippen LogP contribution is -1.93. The summed E-state index contributed by atoms with van der Waals surface area (Å²) in [6.45, 7) is 2.09. The van der Waals surface area contributed by atoms with Gasteiger partial charge in [-0.05, 0) is 30.7 Å². The molecule has 0 amide bonds. The van der Waals surface area contributed by atoms with E-state index in [4.69, 9.17) is 0 Å². The number of hydrogen-bond acceptors (Lipinski definition) is 2. The predicted molar refractivity (Wildman–Crippen MR) is 68.2 cm³/mol. The molecular formula is C13H13NS. The Morgan fingerprint density at radius 3 is 2.13 bits per heavy atom. The van der Waals surface area contributed by atoms with Crippen molar-refractivity contribution in [3.05, 3.63) is 54.1 Å². The van der Waals surface area contributed by atoms with Gasteiger partial charge in [-0.15, -0.1) is 12.6 Å². The molecule has 0 radical (unpaired) electrons. The van der Waals surface area contributed by atoms with Crippen LogP contribution in [-0.2, 0) is 0 Å². The van der Waals surface area contributed by atoms with Crippen LogP contribution in [0.25, 0.3) is 0 Å². The number of thiol groups is 1. The molecule has 0 heterocycles. The highest BCUT2D eigenvalue weighted by molar-refractivity contribution is 7.80. The van der Waals surface area contributed by atoms with Crippen molar-refractivity contribution < 1.29 is 0 Å². The van der Waals surface area contributed by atoms with Crippen molar-refractivity contribution in [2.24, 2.45) is 0 Å². The van der Waals surface area contributed by atoms with E-state index < -0.39 is 0 Å². The zero-order valence-corrected chi connectivity index (χ0v) is 9.46. The molecule has 2 rings (SSSR count). The first-order valence-electron chi connectivity index (χ1n) is 4.88. The van der Waals surface area contributed by atoms with E-state index in [2.05, 4.69) is 37.0 Å². The first-order chi connectivity index (χ1) is 7.27. The van der Waals surface area contributed by atoms with Crippen LogP contribution in [-0.4, -0.2) is 0 Å². The second-order valence-electron chi connectivity index (χ2n) is 3.46. The summed E-state index contributed by atoms with van der Waals surface area (Å²) in [6.07, 6.45) is 0. The van der Waals surface area contributed by atoms with Crippen molar-refractivity contribution in [1.29, 1.82) is 0 Å². The van der Waals surface area contributed by atoms with E-state index in [1.807, 2.05) is 36.4 Å². The highest BCUT2D eigenvalue weighted by Gasteiger charge is 1.99. The maximum Gasteiger partial charge on any atom is 0.0519 e. The van der Waals surface area contributed by atoms with Gasteiger partial charge in [-0.3, -0.25) is 0 Å². The lowest BCUT2D eigenvalue weighted by atomic mass is 10.2. The number of rotatable bonds is 2. The molecule has 15 heavy (non-hydrogen) atoms. The Bertz CT molecular complexity index is 422. The number of hydrogen-bond donors (Lipinski definition) is 2. The fourth-order valence-electron chi connectivity index (χ4n) is 1.44. The van der Waals surface area contributed by atoms with E-state index in [0.29, 0.717) is 0 Å². The third kappa shape index (κ3) is 2.34. The molecule has 2 aromatic rings. The summed E-state index contributed by atoms with van der Waals surface area (Å²) >= 11 is 4.40. The molecule has 76 valence electrons. The van der Waals surface area contributed by atoms with Gasteiger partial charge in [0.15, 0.2) is 0 Å². The van der Waals surface area contributed by atoms with E-state index in [0.717, 1.165) is 16.3 Å². The first-order valence-corrected chi connectivity index (χ1v) is 5.33. The molecule has 0 aliphatic carbocycles. The van der Waals surface area contributed by atoms with Gasteiger partial charge in [0, 0.05) is 10.6 Å². The van der Waals surface area contributed by atoms with Gasteiger partial charge in [-0.1, -0.05) is 30.3 Å². The molecule has 2 heteroatoms. The zero-order chi connectivity index (χ0) is 10.7. The predicted octanol–water partition coefficient (Wildman–Crippen LogP) is 4.03. The standard InChI is InChI=1S/C13H13NS/c1-10-6-2-3-7-11(10)14-12-8-4-5-9-13(12)15/h2-9,14-15H,1H3. The normalized spacial score (nSPS) is 10.0. The van der Waals surface area contributed by atoms with Gasteiger partial charge >= 0.3 is 0 Å². The first kappa shape index (κ1) is 10.1. The van der Waals surface area contributed by atoms with Crippen LogP contribution < -0.4 is 5.32 Å². The summed E-state index contributed by atoms with van der Waals surface area (Å²) in [6, 6.07) is 16.2. The van der Waals surface area contributed by atoms with Crippen molar-refractivity contribution in [3.63, 3.8) is 0 Å². The monoisotopic (exact) mass is 215 g/mol. The molecule has 1 nitrogen and oxygen atoms in total. The summed E-state index contributed by atoms with van der Waals surface area (Å²) in [4.78, 5) is 0.959. The molecule has 0 atom stereocenters. The van der Waals surface area contributed by atoms with E-state index in [-0.39, 0.29) is 0 Å². The zero-order valence-electron chi connectivity index (χ0n) is 8.57. The SMILES string of the molecule is Cc1ccccc1Nc1ccccc1S. The molecule has 0 fully saturated rings. The highest BCUT2D eigenvalue weighted by atomic mass is 32.1. The smallest absolute Gasteiger partial charge is 0.0519 e. The van der Waals surface area contributed by atoms with Gasteiger partial charge in [0.2, 0.25) is 0 Å². The number of aryl methyl sites for hydroxylation is 1. The third-order valence-corrected chi connectivity index (χ3v) is 2.71. The van der Waals surface area contributed by atoms with Crippen LogP contribution in [0.4, 0.5) is 11.4 Å². The fraction of sp³-hybridized carbons (Fsp3) is 0.0769. The highest BCUT2D eigenvalue weighted by Crippen LogP contribution is 2.25. The molecule has 0 unspecified atom stereocenters. The van der Waals surface area contributed by atoms with Gasteiger partial charge < -0.3 is 5.32 Å². The number of para-hydroxylation sites is 2. The van der Waals surface area contributed by atoms with Crippen LogP contribution in [0.2, 0.25) is 0 Å². The molecule has 0 spiro atoms. The van der Waals surface area contributed by atoms with Crippen molar-refractivity contribution in [2.75, 3.05) is 5.32 Å². The van der Waals surface area contributed by atoms with Gasteiger partial charge in [-0.25, -0.2) is 0 Å². The van der Waals surface area contributed by atoms with Crippen molar-refractivity contribution in [2.45, 2.75) is 11.8 Å². The average Bonchev–Trinajstić information content (AvgIpc) is 2.24. The molecule has 0 bridgehead atoms. The van der Waals surface area contributed by atoms with Crippen LogP contribution >= 0.6 is 12.6 Å². The summed E-state index contributed by atoms with van der Waals surface area (Å²) in [5.41, 5.74) is 3.39. The van der Waals surface area contributed by atoms with E-state index >= 15 is 0 Å². The molecule has 0 saturated carbocycles.